The Morgan fingerprint density at radius 3 is 1.72 bits per heavy atom. The summed E-state index contributed by atoms with van der Waals surface area (Å²) >= 11 is 0. The lowest BCUT2D eigenvalue weighted by atomic mass is 10.2. The van der Waals surface area contributed by atoms with Crippen molar-refractivity contribution in [3.63, 3.8) is 0 Å². The van der Waals surface area contributed by atoms with E-state index in [9.17, 15) is 14.4 Å². The minimum Gasteiger partial charge on any atom is -0.426 e. The molecule has 0 N–H and O–H groups in total. The smallest absolute Gasteiger partial charge is 0.345 e. The Labute approximate surface area is 233 Å². The number of hydrogen-bond acceptors (Lipinski definition) is 6. The van der Waals surface area contributed by atoms with Crippen LogP contribution in [-0.4, -0.2) is 24.2 Å². The molecule has 1 rings (SSSR count). The van der Waals surface area contributed by atoms with Gasteiger partial charge in [0.15, 0.2) is 0 Å². The van der Waals surface area contributed by atoms with Crippen molar-refractivity contribution in [3.8, 4) is 5.75 Å². The molecule has 1 aromatic rings. The van der Waals surface area contributed by atoms with Crippen LogP contribution >= 0.6 is 0 Å². The van der Waals surface area contributed by atoms with Crippen molar-refractivity contribution in [3.05, 3.63) is 103 Å². The lowest BCUT2D eigenvalue weighted by Crippen LogP contribution is -2.22. The molecule has 39 heavy (non-hydrogen) atoms. The van der Waals surface area contributed by atoms with Crippen LogP contribution in [0.15, 0.2) is 97.2 Å². The largest absolute Gasteiger partial charge is 0.426 e. The monoisotopic (exact) mass is 534 g/mol. The third-order valence-corrected chi connectivity index (χ3v) is 5.04. The molecule has 0 saturated heterocycles. The minimum atomic E-state index is -1.07. The van der Waals surface area contributed by atoms with Crippen molar-refractivity contribution in [2.75, 3.05) is 0 Å². The van der Waals surface area contributed by atoms with Gasteiger partial charge in [-0.25, -0.2) is 4.79 Å². The van der Waals surface area contributed by atoms with E-state index >= 15 is 0 Å². The molecule has 0 heterocycles. The van der Waals surface area contributed by atoms with Crippen molar-refractivity contribution in [2.24, 2.45) is 0 Å². The van der Waals surface area contributed by atoms with E-state index in [1.165, 1.54) is 26.0 Å². The first-order valence-corrected chi connectivity index (χ1v) is 13.5. The molecule has 6 nitrogen and oxygen atoms in total. The van der Waals surface area contributed by atoms with Gasteiger partial charge < -0.3 is 14.2 Å². The number of para-hydroxylation sites is 1. The van der Waals surface area contributed by atoms with Gasteiger partial charge in [-0.1, -0.05) is 92.0 Å². The molecule has 0 aliphatic rings. The van der Waals surface area contributed by atoms with Crippen LogP contribution in [0.1, 0.15) is 82.5 Å². The summed E-state index contributed by atoms with van der Waals surface area (Å²) in [7, 11) is 0. The number of benzene rings is 1. The second kappa shape index (κ2) is 22.1. The van der Waals surface area contributed by atoms with Gasteiger partial charge in [0, 0.05) is 20.3 Å². The molecule has 1 aromatic carbocycles. The maximum Gasteiger partial charge on any atom is 0.345 e. The highest BCUT2D eigenvalue weighted by Gasteiger charge is 2.19. The Hall–Kier alpha value is -3.93. The van der Waals surface area contributed by atoms with E-state index in [1.54, 1.807) is 12.1 Å². The summed E-state index contributed by atoms with van der Waals surface area (Å²) in [5.74, 6) is -1.68. The Morgan fingerprint density at radius 1 is 0.718 bits per heavy atom. The van der Waals surface area contributed by atoms with Gasteiger partial charge in [-0.05, 0) is 57.1 Å². The molecular formula is C33H42O6. The average molecular weight is 535 g/mol. The van der Waals surface area contributed by atoms with E-state index in [0.717, 1.165) is 38.5 Å². The first-order chi connectivity index (χ1) is 18.9. The zero-order valence-corrected chi connectivity index (χ0v) is 23.4. The summed E-state index contributed by atoms with van der Waals surface area (Å²) in [4.78, 5) is 35.6. The lowest BCUT2D eigenvalue weighted by molar-refractivity contribution is -0.165. The summed E-state index contributed by atoms with van der Waals surface area (Å²) in [6.07, 6.45) is 30.8. The molecule has 0 aromatic heterocycles. The molecule has 0 aliphatic heterocycles. The Balaban J connectivity index is 2.16. The first-order valence-electron chi connectivity index (χ1n) is 13.5. The van der Waals surface area contributed by atoms with Gasteiger partial charge in [0.05, 0.1) is 0 Å². The molecular weight excluding hydrogens is 492 g/mol. The zero-order valence-electron chi connectivity index (χ0n) is 23.4. The predicted molar refractivity (Wildman–Crippen MR) is 156 cm³/mol. The molecule has 210 valence electrons. The normalized spacial score (nSPS) is 12.9. The average Bonchev–Trinajstić information content (AvgIpc) is 2.89. The van der Waals surface area contributed by atoms with Crippen LogP contribution in [0, 0.1) is 0 Å². The summed E-state index contributed by atoms with van der Waals surface area (Å²) < 4.78 is 15.3. The van der Waals surface area contributed by atoms with Gasteiger partial charge in [-0.2, -0.15) is 0 Å². The van der Waals surface area contributed by atoms with E-state index in [-0.39, 0.29) is 17.7 Å². The number of hydrogen-bond donors (Lipinski definition) is 0. The molecule has 1 unspecified atom stereocenters. The van der Waals surface area contributed by atoms with Crippen LogP contribution in [-0.2, 0) is 19.1 Å². The number of allylic oxidation sites excluding steroid dienone is 12. The Kier molecular flexibility index (Phi) is 18.7. The maximum atomic E-state index is 12.3. The van der Waals surface area contributed by atoms with E-state index in [4.69, 9.17) is 14.2 Å². The van der Waals surface area contributed by atoms with Crippen LogP contribution in [0.3, 0.4) is 0 Å². The maximum absolute atomic E-state index is 12.3. The molecule has 1 atom stereocenters. The van der Waals surface area contributed by atoms with Crippen LogP contribution in [0.5, 0.6) is 5.75 Å². The molecule has 0 fully saturated rings. The molecule has 0 spiro atoms. The van der Waals surface area contributed by atoms with Gasteiger partial charge in [-0.3, -0.25) is 9.59 Å². The standard InChI is InChI=1S/C33H42O6/c1-4-5-6-7-8-9-10-11-12-13-14-15-16-17-18-19-20-21-22-27-32(35)38-29(3)39-33(36)30-25-23-24-26-31(30)37-28(2)34/h5-6,8-9,11-12,14-15,17-18,20-21,23-26,29H,4,7,10,13,16,19,22,27H2,1-3H3. The number of rotatable bonds is 18. The fourth-order valence-electron chi connectivity index (χ4n) is 3.20. The molecule has 0 radical (unpaired) electrons. The molecule has 0 saturated carbocycles. The fourth-order valence-corrected chi connectivity index (χ4v) is 3.20. The van der Waals surface area contributed by atoms with Gasteiger partial charge >= 0.3 is 17.9 Å². The summed E-state index contributed by atoms with van der Waals surface area (Å²) in [6, 6.07) is 6.21. The van der Waals surface area contributed by atoms with Crippen molar-refractivity contribution in [2.45, 2.75) is 78.4 Å². The topological polar surface area (TPSA) is 78.9 Å². The first kappa shape index (κ1) is 33.1. The number of ether oxygens (including phenoxy) is 3. The molecule has 0 aliphatic carbocycles. The Morgan fingerprint density at radius 2 is 1.21 bits per heavy atom. The van der Waals surface area contributed by atoms with E-state index in [0.29, 0.717) is 6.42 Å². The number of esters is 3. The van der Waals surface area contributed by atoms with Crippen molar-refractivity contribution in [1.29, 1.82) is 0 Å². The number of carbonyl (C=O) groups is 3. The quantitative estimate of drug-likeness (QED) is 0.0818. The van der Waals surface area contributed by atoms with Crippen molar-refractivity contribution < 1.29 is 28.6 Å². The zero-order chi connectivity index (χ0) is 28.6. The van der Waals surface area contributed by atoms with Crippen LogP contribution in [0.2, 0.25) is 0 Å². The summed E-state index contributed by atoms with van der Waals surface area (Å²) in [5.41, 5.74) is 0.0774. The third-order valence-electron chi connectivity index (χ3n) is 5.04. The molecule has 0 amide bonds. The van der Waals surface area contributed by atoms with Crippen molar-refractivity contribution >= 4 is 17.9 Å². The van der Waals surface area contributed by atoms with Crippen LogP contribution in [0.25, 0.3) is 0 Å². The van der Waals surface area contributed by atoms with Crippen LogP contribution < -0.4 is 4.74 Å². The van der Waals surface area contributed by atoms with Gasteiger partial charge in [0.2, 0.25) is 6.29 Å². The van der Waals surface area contributed by atoms with E-state index in [2.05, 4.69) is 67.7 Å². The summed E-state index contributed by atoms with van der Waals surface area (Å²) in [6.45, 7) is 4.84. The highest BCUT2D eigenvalue weighted by atomic mass is 16.7. The predicted octanol–water partition coefficient (Wildman–Crippen LogP) is 8.14. The van der Waals surface area contributed by atoms with Crippen LogP contribution in [0.4, 0.5) is 0 Å². The van der Waals surface area contributed by atoms with Gasteiger partial charge in [0.1, 0.15) is 11.3 Å². The third kappa shape index (κ3) is 18.0. The lowest BCUT2D eigenvalue weighted by Gasteiger charge is -2.15. The fraction of sp³-hybridized carbons (Fsp3) is 0.364. The van der Waals surface area contributed by atoms with Crippen molar-refractivity contribution in [1.82, 2.24) is 0 Å². The second-order valence-electron chi connectivity index (χ2n) is 8.51. The Bertz CT molecular complexity index is 1040. The molecule has 6 heteroatoms. The highest BCUT2D eigenvalue weighted by Crippen LogP contribution is 2.20. The van der Waals surface area contributed by atoms with Gasteiger partial charge in [0.25, 0.3) is 0 Å². The van der Waals surface area contributed by atoms with Gasteiger partial charge in [-0.15, -0.1) is 0 Å². The second-order valence-corrected chi connectivity index (χ2v) is 8.51. The highest BCUT2D eigenvalue weighted by molar-refractivity contribution is 5.93. The SMILES string of the molecule is CCC=CCC=CCC=CCC=CCC=CCC=CCCC(=O)OC(C)OC(=O)c1ccccc1OC(C)=O. The minimum absolute atomic E-state index is 0.0774. The summed E-state index contributed by atoms with van der Waals surface area (Å²) in [5, 5.41) is 0. The number of carbonyl (C=O) groups excluding carboxylic acids is 3. The van der Waals surface area contributed by atoms with E-state index in [1.807, 2.05) is 12.2 Å². The van der Waals surface area contributed by atoms with E-state index < -0.39 is 24.2 Å². The molecule has 0 bridgehead atoms.